The summed E-state index contributed by atoms with van der Waals surface area (Å²) in [6, 6.07) is 5.91. The Morgan fingerprint density at radius 3 is 2.69 bits per heavy atom. The molecule has 160 valence electrons. The molecule has 1 aromatic heterocycles. The summed E-state index contributed by atoms with van der Waals surface area (Å²) in [5, 5.41) is 4.09. The lowest BCUT2D eigenvalue weighted by molar-refractivity contribution is 0.145. The molecule has 1 aliphatic rings. The van der Waals surface area contributed by atoms with Gasteiger partial charge in [0.05, 0.1) is 23.6 Å². The zero-order chi connectivity index (χ0) is 21.2. The number of halogens is 1. The summed E-state index contributed by atoms with van der Waals surface area (Å²) in [7, 11) is -2.11. The molecule has 1 fully saturated rings. The second kappa shape index (κ2) is 8.31. The van der Waals surface area contributed by atoms with E-state index in [0.29, 0.717) is 36.9 Å². The summed E-state index contributed by atoms with van der Waals surface area (Å²) in [6.45, 7) is 6.33. The van der Waals surface area contributed by atoms with Crippen molar-refractivity contribution in [1.82, 2.24) is 9.19 Å². The monoisotopic (exact) mass is 425 g/mol. The van der Waals surface area contributed by atoms with Crippen molar-refractivity contribution in [2.24, 2.45) is 0 Å². The van der Waals surface area contributed by atoms with Gasteiger partial charge in [-0.1, -0.05) is 0 Å². The van der Waals surface area contributed by atoms with Gasteiger partial charge in [0.25, 0.3) is 10.0 Å². The van der Waals surface area contributed by atoms with E-state index < -0.39 is 14.8 Å². The molecule has 0 amide bonds. The van der Waals surface area contributed by atoms with Crippen molar-refractivity contribution in [3.63, 3.8) is 0 Å². The molecule has 1 aliphatic heterocycles. The Morgan fingerprint density at radius 2 is 2.00 bits per heavy atom. The maximum atomic E-state index is 14.1. The van der Waals surface area contributed by atoms with Gasteiger partial charge in [-0.3, -0.25) is 0 Å². The van der Waals surface area contributed by atoms with Gasteiger partial charge in [0, 0.05) is 25.3 Å². The van der Waals surface area contributed by atoms with Gasteiger partial charge in [-0.05, 0) is 51.8 Å². The van der Waals surface area contributed by atoms with Crippen LogP contribution in [0.25, 0.3) is 0 Å². The highest BCUT2D eigenvalue weighted by molar-refractivity contribution is 7.91. The van der Waals surface area contributed by atoms with Crippen molar-refractivity contribution < 1.29 is 22.3 Å². The number of rotatable bonds is 7. The molecule has 7 nitrogen and oxygen atoms in total. The van der Waals surface area contributed by atoms with Crippen molar-refractivity contribution in [2.45, 2.75) is 44.4 Å². The Hall–Kier alpha value is -2.13. The number of anilines is 1. The Balaban J connectivity index is 1.99. The number of ether oxygens (including phenoxy) is 2. The number of aromatic nitrogens is 2. The van der Waals surface area contributed by atoms with Crippen molar-refractivity contribution in [2.75, 3.05) is 31.8 Å². The molecule has 9 heteroatoms. The number of hydrogen-bond donors (Lipinski definition) is 0. The topological polar surface area (TPSA) is 73.7 Å². The molecule has 0 saturated carbocycles. The predicted octanol–water partition coefficient (Wildman–Crippen LogP) is 3.37. The van der Waals surface area contributed by atoms with Crippen LogP contribution in [0.3, 0.4) is 0 Å². The van der Waals surface area contributed by atoms with Gasteiger partial charge in [-0.2, -0.15) is 5.10 Å². The molecule has 1 saturated heterocycles. The molecular formula is C20H28FN3O4S. The van der Waals surface area contributed by atoms with Crippen LogP contribution in [0, 0.1) is 5.82 Å². The molecule has 0 spiro atoms. The quantitative estimate of drug-likeness (QED) is 0.634. The van der Waals surface area contributed by atoms with Crippen molar-refractivity contribution in [3.8, 4) is 5.75 Å². The minimum Gasteiger partial charge on any atom is -0.491 e. The first-order valence-electron chi connectivity index (χ1n) is 9.64. The number of methoxy groups -OCH3 is 1. The molecule has 0 aliphatic carbocycles. The van der Waals surface area contributed by atoms with E-state index in [1.807, 2.05) is 4.90 Å². The summed E-state index contributed by atoms with van der Waals surface area (Å²) in [5.74, 6) is 0.696. The van der Waals surface area contributed by atoms with Gasteiger partial charge in [0.15, 0.2) is 0 Å². The maximum absolute atomic E-state index is 14.1. The highest BCUT2D eigenvalue weighted by Crippen LogP contribution is 2.41. The van der Waals surface area contributed by atoms with Gasteiger partial charge >= 0.3 is 0 Å². The van der Waals surface area contributed by atoms with E-state index in [0.717, 1.165) is 16.9 Å². The number of hydrogen-bond acceptors (Lipinski definition) is 6. The molecule has 1 atom stereocenters. The van der Waals surface area contributed by atoms with E-state index in [-0.39, 0.29) is 11.9 Å². The fourth-order valence-corrected chi connectivity index (χ4v) is 4.55. The SMILES string of the molecule is COCCOc1ccc(F)cc1C1CCCN1c1ccnn1S(=O)(=O)C(C)(C)C. The van der Waals surface area contributed by atoms with Crippen molar-refractivity contribution in [3.05, 3.63) is 41.8 Å². The van der Waals surface area contributed by atoms with Crippen molar-refractivity contribution in [1.29, 1.82) is 0 Å². The average molecular weight is 426 g/mol. The molecule has 1 aromatic carbocycles. The normalized spacial score (nSPS) is 17.7. The standard InChI is InChI=1S/C20H28FN3O4S/c1-20(2,3)29(25,26)24-19(9-10-22-24)23-11-5-6-17(23)16-14-15(21)7-8-18(16)28-13-12-27-4/h7-10,14,17H,5-6,11-13H2,1-4H3. The van der Waals surface area contributed by atoms with Crippen LogP contribution in [0.1, 0.15) is 45.2 Å². The van der Waals surface area contributed by atoms with E-state index in [4.69, 9.17) is 9.47 Å². The first-order valence-corrected chi connectivity index (χ1v) is 11.1. The zero-order valence-electron chi connectivity index (χ0n) is 17.3. The Kier molecular flexibility index (Phi) is 6.19. The van der Waals surface area contributed by atoms with E-state index in [2.05, 4.69) is 5.10 Å². The van der Waals surface area contributed by atoms with E-state index in [1.165, 1.54) is 18.3 Å². The van der Waals surface area contributed by atoms with Crippen LogP contribution in [0.5, 0.6) is 5.75 Å². The average Bonchev–Trinajstić information content (AvgIpc) is 3.31. The molecule has 1 unspecified atom stereocenters. The maximum Gasteiger partial charge on any atom is 0.260 e. The lowest BCUT2D eigenvalue weighted by Gasteiger charge is -2.30. The molecule has 0 radical (unpaired) electrons. The fourth-order valence-electron chi connectivity index (χ4n) is 3.44. The largest absolute Gasteiger partial charge is 0.491 e. The molecule has 0 bridgehead atoms. The highest BCUT2D eigenvalue weighted by Gasteiger charge is 2.37. The van der Waals surface area contributed by atoms with Crippen LogP contribution in [-0.4, -0.2) is 49.2 Å². The van der Waals surface area contributed by atoms with Crippen molar-refractivity contribution >= 4 is 15.8 Å². The second-order valence-corrected chi connectivity index (χ2v) is 10.5. The molecule has 2 aromatic rings. The first-order chi connectivity index (χ1) is 13.7. The summed E-state index contributed by atoms with van der Waals surface area (Å²) in [5.41, 5.74) is 0.694. The summed E-state index contributed by atoms with van der Waals surface area (Å²) in [6.07, 6.45) is 3.08. The number of nitrogens with zero attached hydrogens (tertiary/aromatic N) is 3. The Bertz CT molecular complexity index is 953. The summed E-state index contributed by atoms with van der Waals surface area (Å²) < 4.78 is 51.0. The Morgan fingerprint density at radius 1 is 1.24 bits per heavy atom. The summed E-state index contributed by atoms with van der Waals surface area (Å²) >= 11 is 0. The molecule has 3 rings (SSSR count). The van der Waals surface area contributed by atoms with Crippen LogP contribution in [0.2, 0.25) is 0 Å². The molecule has 0 N–H and O–H groups in total. The van der Waals surface area contributed by atoms with Crippen LogP contribution in [-0.2, 0) is 14.8 Å². The smallest absolute Gasteiger partial charge is 0.260 e. The zero-order valence-corrected chi connectivity index (χ0v) is 18.1. The third-order valence-corrected chi connectivity index (χ3v) is 7.30. The Labute approximate surface area is 171 Å². The fraction of sp³-hybridized carbons (Fsp3) is 0.550. The third kappa shape index (κ3) is 4.25. The van der Waals surface area contributed by atoms with Gasteiger partial charge in [0.1, 0.15) is 24.0 Å². The number of benzene rings is 1. The molecular weight excluding hydrogens is 397 g/mol. The van der Waals surface area contributed by atoms with Crippen LogP contribution < -0.4 is 9.64 Å². The predicted molar refractivity (Wildman–Crippen MR) is 109 cm³/mol. The van der Waals surface area contributed by atoms with Gasteiger partial charge in [-0.25, -0.2) is 12.8 Å². The van der Waals surface area contributed by atoms with Crippen LogP contribution in [0.4, 0.5) is 10.2 Å². The van der Waals surface area contributed by atoms with Crippen LogP contribution in [0.15, 0.2) is 30.5 Å². The lowest BCUT2D eigenvalue weighted by Crippen LogP contribution is -2.37. The minimum atomic E-state index is -3.70. The van der Waals surface area contributed by atoms with Gasteiger partial charge in [-0.15, -0.1) is 4.09 Å². The second-order valence-electron chi connectivity index (χ2n) is 8.02. The van der Waals surface area contributed by atoms with Gasteiger partial charge < -0.3 is 14.4 Å². The van der Waals surface area contributed by atoms with E-state index in [9.17, 15) is 12.8 Å². The highest BCUT2D eigenvalue weighted by atomic mass is 32.2. The minimum absolute atomic E-state index is 0.214. The third-order valence-electron chi connectivity index (χ3n) is 5.02. The molecule has 2 heterocycles. The van der Waals surface area contributed by atoms with E-state index >= 15 is 0 Å². The summed E-state index contributed by atoms with van der Waals surface area (Å²) in [4.78, 5) is 1.97. The first kappa shape index (κ1) is 21.6. The van der Waals surface area contributed by atoms with Gasteiger partial charge in [0.2, 0.25) is 0 Å². The lowest BCUT2D eigenvalue weighted by atomic mass is 10.0. The molecule has 29 heavy (non-hydrogen) atoms. The van der Waals surface area contributed by atoms with Crippen LogP contribution >= 0.6 is 0 Å². The van der Waals surface area contributed by atoms with E-state index in [1.54, 1.807) is 40.0 Å².